The van der Waals surface area contributed by atoms with Gasteiger partial charge in [0.15, 0.2) is 0 Å². The van der Waals surface area contributed by atoms with E-state index in [2.05, 4.69) is 4.98 Å². The summed E-state index contributed by atoms with van der Waals surface area (Å²) in [5.41, 5.74) is 1.66. The number of fused-ring (bicyclic) bond motifs is 1. The lowest BCUT2D eigenvalue weighted by molar-refractivity contribution is 0.0603. The lowest BCUT2D eigenvalue weighted by atomic mass is 10.1. The number of aryl methyl sites for hydroxylation is 1. The van der Waals surface area contributed by atoms with Crippen LogP contribution in [0.25, 0.3) is 10.9 Å². The van der Waals surface area contributed by atoms with E-state index in [-0.39, 0.29) is 0 Å². The van der Waals surface area contributed by atoms with Crippen molar-refractivity contribution in [2.75, 3.05) is 7.11 Å². The maximum Gasteiger partial charge on any atom is 0.338 e. The van der Waals surface area contributed by atoms with Gasteiger partial charge in [0.25, 0.3) is 0 Å². The molecule has 3 nitrogen and oxygen atoms in total. The fourth-order valence-corrected chi connectivity index (χ4v) is 2.19. The van der Waals surface area contributed by atoms with Crippen molar-refractivity contribution < 1.29 is 9.53 Å². The molecule has 88 valence electrons. The lowest BCUT2D eigenvalue weighted by Gasteiger charge is -2.07. The molecule has 2 aromatic rings. The summed E-state index contributed by atoms with van der Waals surface area (Å²) in [5, 5.41) is 1.47. The first-order chi connectivity index (χ1) is 8.02. The number of halogens is 2. The molecule has 0 amide bonds. The number of methoxy groups -OCH3 is 1. The Balaban J connectivity index is 2.87. The minimum Gasteiger partial charge on any atom is -0.465 e. The van der Waals surface area contributed by atoms with E-state index >= 15 is 0 Å². The second-order valence-corrected chi connectivity index (χ2v) is 4.43. The van der Waals surface area contributed by atoms with Crippen molar-refractivity contribution >= 4 is 40.1 Å². The maximum atomic E-state index is 11.7. The van der Waals surface area contributed by atoms with Gasteiger partial charge in [-0.15, -0.1) is 0 Å². The second-order valence-electron chi connectivity index (χ2n) is 3.59. The SMILES string of the molecule is COC(=O)c1cc(C)nc2c(Cl)cc(Cl)cc12. The molecule has 0 radical (unpaired) electrons. The molecular formula is C12H9Cl2NO2. The third-order valence-corrected chi connectivity index (χ3v) is 2.87. The van der Waals surface area contributed by atoms with Crippen LogP contribution in [0, 0.1) is 6.92 Å². The highest BCUT2D eigenvalue weighted by molar-refractivity contribution is 6.38. The highest BCUT2D eigenvalue weighted by Crippen LogP contribution is 2.29. The van der Waals surface area contributed by atoms with Gasteiger partial charge in [-0.2, -0.15) is 0 Å². The predicted molar refractivity (Wildman–Crippen MR) is 67.8 cm³/mol. The van der Waals surface area contributed by atoms with E-state index in [9.17, 15) is 4.79 Å². The van der Waals surface area contributed by atoms with Gasteiger partial charge in [0.05, 0.1) is 23.2 Å². The third kappa shape index (κ3) is 2.21. The molecule has 1 heterocycles. The van der Waals surface area contributed by atoms with Crippen LogP contribution in [0.3, 0.4) is 0 Å². The normalized spacial score (nSPS) is 10.6. The van der Waals surface area contributed by atoms with Crippen molar-refractivity contribution in [3.05, 3.63) is 39.5 Å². The van der Waals surface area contributed by atoms with Crippen LogP contribution in [0.2, 0.25) is 10.0 Å². The van der Waals surface area contributed by atoms with Gasteiger partial charge in [0.1, 0.15) is 0 Å². The number of benzene rings is 1. The molecule has 0 saturated heterocycles. The summed E-state index contributed by atoms with van der Waals surface area (Å²) in [6.07, 6.45) is 0. The summed E-state index contributed by atoms with van der Waals surface area (Å²) >= 11 is 12.0. The molecule has 0 saturated carbocycles. The van der Waals surface area contributed by atoms with Gasteiger partial charge < -0.3 is 4.74 Å². The first-order valence-electron chi connectivity index (χ1n) is 4.87. The molecule has 0 unspecified atom stereocenters. The van der Waals surface area contributed by atoms with Crippen LogP contribution in [0.15, 0.2) is 18.2 Å². The maximum absolute atomic E-state index is 11.7. The van der Waals surface area contributed by atoms with Crippen molar-refractivity contribution in [1.29, 1.82) is 0 Å². The smallest absolute Gasteiger partial charge is 0.338 e. The van der Waals surface area contributed by atoms with E-state index in [1.165, 1.54) is 7.11 Å². The van der Waals surface area contributed by atoms with Gasteiger partial charge >= 0.3 is 5.97 Å². The van der Waals surface area contributed by atoms with Crippen LogP contribution in [0.4, 0.5) is 0 Å². The minimum atomic E-state index is -0.432. The Morgan fingerprint density at radius 2 is 2.00 bits per heavy atom. The molecule has 2 rings (SSSR count). The standard InChI is InChI=1S/C12H9Cl2NO2/c1-6-3-9(12(16)17-2)8-4-7(13)5-10(14)11(8)15-6/h3-5H,1-2H3. The highest BCUT2D eigenvalue weighted by Gasteiger charge is 2.14. The Labute approximate surface area is 108 Å². The van der Waals surface area contributed by atoms with Gasteiger partial charge in [-0.05, 0) is 25.1 Å². The minimum absolute atomic E-state index is 0.416. The molecule has 0 N–H and O–H groups in total. The Morgan fingerprint density at radius 3 is 2.65 bits per heavy atom. The van der Waals surface area contributed by atoms with Crippen LogP contribution in [-0.4, -0.2) is 18.1 Å². The van der Waals surface area contributed by atoms with E-state index in [1.807, 2.05) is 0 Å². The Bertz CT molecular complexity index is 611. The number of hydrogen-bond acceptors (Lipinski definition) is 3. The van der Waals surface area contributed by atoms with E-state index in [0.29, 0.717) is 32.2 Å². The highest BCUT2D eigenvalue weighted by atomic mass is 35.5. The number of aromatic nitrogens is 1. The van der Waals surface area contributed by atoms with E-state index in [0.717, 1.165) is 0 Å². The topological polar surface area (TPSA) is 39.2 Å². The molecule has 0 atom stereocenters. The van der Waals surface area contributed by atoms with E-state index < -0.39 is 5.97 Å². The van der Waals surface area contributed by atoms with Crippen LogP contribution < -0.4 is 0 Å². The zero-order chi connectivity index (χ0) is 12.6. The van der Waals surface area contributed by atoms with Crippen molar-refractivity contribution in [2.45, 2.75) is 6.92 Å². The quantitative estimate of drug-likeness (QED) is 0.742. The molecule has 0 fully saturated rings. The average molecular weight is 270 g/mol. The molecule has 0 aliphatic heterocycles. The zero-order valence-corrected chi connectivity index (χ0v) is 10.8. The van der Waals surface area contributed by atoms with Crippen molar-refractivity contribution in [3.63, 3.8) is 0 Å². The molecule has 0 aliphatic rings. The van der Waals surface area contributed by atoms with Crippen LogP contribution in [-0.2, 0) is 4.74 Å². The number of esters is 1. The lowest BCUT2D eigenvalue weighted by Crippen LogP contribution is -2.04. The molecule has 0 bridgehead atoms. The second kappa shape index (κ2) is 4.51. The molecule has 5 heteroatoms. The average Bonchev–Trinajstić information content (AvgIpc) is 2.28. The molecule has 0 aliphatic carbocycles. The van der Waals surface area contributed by atoms with Gasteiger partial charge in [-0.25, -0.2) is 4.79 Å². The summed E-state index contributed by atoms with van der Waals surface area (Å²) in [5.74, 6) is -0.432. The summed E-state index contributed by atoms with van der Waals surface area (Å²) in [7, 11) is 1.33. The van der Waals surface area contributed by atoms with Crippen LogP contribution in [0.5, 0.6) is 0 Å². The van der Waals surface area contributed by atoms with Crippen molar-refractivity contribution in [3.8, 4) is 0 Å². The zero-order valence-electron chi connectivity index (χ0n) is 9.25. The number of carbonyl (C=O) groups excluding carboxylic acids is 1. The molecule has 1 aromatic heterocycles. The predicted octanol–water partition coefficient (Wildman–Crippen LogP) is 3.64. The number of nitrogens with zero attached hydrogens (tertiary/aromatic N) is 1. The fourth-order valence-electron chi connectivity index (χ4n) is 1.66. The Kier molecular flexibility index (Phi) is 3.22. The molecule has 1 aromatic carbocycles. The summed E-state index contributed by atoms with van der Waals surface area (Å²) in [4.78, 5) is 16.0. The summed E-state index contributed by atoms with van der Waals surface area (Å²) < 4.78 is 4.73. The summed E-state index contributed by atoms with van der Waals surface area (Å²) in [6.45, 7) is 1.79. The number of carbonyl (C=O) groups is 1. The van der Waals surface area contributed by atoms with Crippen LogP contribution in [0.1, 0.15) is 16.1 Å². The first-order valence-corrected chi connectivity index (χ1v) is 5.63. The number of ether oxygens (including phenoxy) is 1. The number of pyridine rings is 1. The summed E-state index contributed by atoms with van der Waals surface area (Å²) in [6, 6.07) is 4.90. The van der Waals surface area contributed by atoms with E-state index in [1.54, 1.807) is 25.1 Å². The van der Waals surface area contributed by atoms with Gasteiger partial charge in [-0.1, -0.05) is 23.2 Å². The van der Waals surface area contributed by atoms with E-state index in [4.69, 9.17) is 27.9 Å². The van der Waals surface area contributed by atoms with Crippen molar-refractivity contribution in [2.24, 2.45) is 0 Å². The van der Waals surface area contributed by atoms with Gasteiger partial charge in [0, 0.05) is 16.1 Å². The van der Waals surface area contributed by atoms with Gasteiger partial charge in [0.2, 0.25) is 0 Å². The Hall–Kier alpha value is -1.32. The molecule has 17 heavy (non-hydrogen) atoms. The molecule has 0 spiro atoms. The Morgan fingerprint density at radius 1 is 1.29 bits per heavy atom. The largest absolute Gasteiger partial charge is 0.465 e. The monoisotopic (exact) mass is 269 g/mol. The fraction of sp³-hybridized carbons (Fsp3) is 0.167. The van der Waals surface area contributed by atoms with Crippen LogP contribution >= 0.6 is 23.2 Å². The van der Waals surface area contributed by atoms with Gasteiger partial charge in [-0.3, -0.25) is 4.98 Å². The third-order valence-electron chi connectivity index (χ3n) is 2.37. The number of hydrogen-bond donors (Lipinski definition) is 0. The number of rotatable bonds is 1. The van der Waals surface area contributed by atoms with Crippen molar-refractivity contribution in [1.82, 2.24) is 4.98 Å². The molecular weight excluding hydrogens is 261 g/mol. The first kappa shape index (κ1) is 12.1.